The molecule has 3 N–H and O–H groups in total. The Balaban J connectivity index is 2.56. The zero-order chi connectivity index (χ0) is 14.5. The molecule has 0 bridgehead atoms. The van der Waals surface area contributed by atoms with Crippen LogP contribution < -0.4 is 10.6 Å². The largest absolute Gasteiger partial charge is 0.416 e. The topological polar surface area (TPSA) is 61.4 Å². The van der Waals surface area contributed by atoms with E-state index in [1.807, 2.05) is 0 Å². The van der Waals surface area contributed by atoms with Crippen molar-refractivity contribution < 1.29 is 23.1 Å². The summed E-state index contributed by atoms with van der Waals surface area (Å²) in [5.41, 5.74) is -0.405. The zero-order valence-electron chi connectivity index (χ0n) is 10.3. The predicted molar refractivity (Wildman–Crippen MR) is 63.4 cm³/mol. The predicted octanol–water partition coefficient (Wildman–Crippen LogP) is 1.89. The van der Waals surface area contributed by atoms with Crippen molar-refractivity contribution in [1.29, 1.82) is 0 Å². The fourth-order valence-corrected chi connectivity index (χ4v) is 1.36. The Bertz CT molecular complexity index is 435. The standard InChI is InChI=1S/C12H15F3N2O2/c1-8(7-18)17-11(19)16-6-9-3-2-4-10(5-9)12(13,14)15/h2-5,8,18H,6-7H2,1H3,(H2,16,17,19)/t8-/m0/s1. The molecule has 0 saturated heterocycles. The third-order valence-corrected chi connectivity index (χ3v) is 2.36. The number of urea groups is 1. The van der Waals surface area contributed by atoms with Gasteiger partial charge < -0.3 is 15.7 Å². The average Bonchev–Trinajstić information content (AvgIpc) is 2.35. The second kappa shape index (κ2) is 6.42. The summed E-state index contributed by atoms with van der Waals surface area (Å²) in [7, 11) is 0. The highest BCUT2D eigenvalue weighted by molar-refractivity contribution is 5.74. The summed E-state index contributed by atoms with van der Waals surface area (Å²) >= 11 is 0. The molecule has 4 nitrogen and oxygen atoms in total. The number of halogens is 3. The molecule has 2 amide bonds. The molecule has 1 aromatic rings. The van der Waals surface area contributed by atoms with Gasteiger partial charge in [-0.3, -0.25) is 0 Å². The number of aliphatic hydroxyl groups excluding tert-OH is 1. The average molecular weight is 276 g/mol. The molecular formula is C12H15F3N2O2. The van der Waals surface area contributed by atoms with E-state index in [-0.39, 0.29) is 13.2 Å². The number of carbonyl (C=O) groups is 1. The van der Waals surface area contributed by atoms with Crippen LogP contribution in [-0.2, 0) is 12.7 Å². The summed E-state index contributed by atoms with van der Waals surface area (Å²) in [6.45, 7) is 1.37. The highest BCUT2D eigenvalue weighted by Crippen LogP contribution is 2.29. The lowest BCUT2D eigenvalue weighted by Gasteiger charge is -2.13. The van der Waals surface area contributed by atoms with E-state index in [2.05, 4.69) is 10.6 Å². The van der Waals surface area contributed by atoms with Gasteiger partial charge in [-0.05, 0) is 24.6 Å². The van der Waals surface area contributed by atoms with E-state index in [0.717, 1.165) is 12.1 Å². The van der Waals surface area contributed by atoms with Gasteiger partial charge in [-0.15, -0.1) is 0 Å². The third-order valence-electron chi connectivity index (χ3n) is 2.36. The van der Waals surface area contributed by atoms with Crippen LogP contribution in [0.15, 0.2) is 24.3 Å². The third kappa shape index (κ3) is 5.17. The molecule has 1 aromatic carbocycles. The van der Waals surface area contributed by atoms with E-state index < -0.39 is 23.8 Å². The summed E-state index contributed by atoms with van der Waals surface area (Å²) in [5.74, 6) is 0. The van der Waals surface area contributed by atoms with Gasteiger partial charge in [0.1, 0.15) is 0 Å². The SMILES string of the molecule is C[C@@H](CO)NC(=O)NCc1cccc(C(F)(F)F)c1. The second-order valence-corrected chi connectivity index (χ2v) is 4.11. The molecule has 0 aliphatic rings. The highest BCUT2D eigenvalue weighted by Gasteiger charge is 2.30. The summed E-state index contributed by atoms with van der Waals surface area (Å²) in [5, 5.41) is 13.6. The van der Waals surface area contributed by atoms with Crippen molar-refractivity contribution in [2.24, 2.45) is 0 Å². The van der Waals surface area contributed by atoms with Gasteiger partial charge in [-0.1, -0.05) is 12.1 Å². The normalized spacial score (nSPS) is 12.9. The highest BCUT2D eigenvalue weighted by atomic mass is 19.4. The molecule has 0 fully saturated rings. The van der Waals surface area contributed by atoms with Crippen LogP contribution in [0.3, 0.4) is 0 Å². The van der Waals surface area contributed by atoms with E-state index in [4.69, 9.17) is 5.11 Å². The molecule has 1 rings (SSSR count). The first-order chi connectivity index (χ1) is 8.82. The number of rotatable bonds is 4. The van der Waals surface area contributed by atoms with Gasteiger partial charge in [0.15, 0.2) is 0 Å². The van der Waals surface area contributed by atoms with Crippen molar-refractivity contribution in [3.05, 3.63) is 35.4 Å². The molecule has 1 atom stereocenters. The minimum Gasteiger partial charge on any atom is -0.394 e. The number of amides is 2. The molecule has 0 heterocycles. The van der Waals surface area contributed by atoms with Crippen LogP contribution in [0.5, 0.6) is 0 Å². The Hall–Kier alpha value is -1.76. The quantitative estimate of drug-likeness (QED) is 0.786. The second-order valence-electron chi connectivity index (χ2n) is 4.11. The maximum Gasteiger partial charge on any atom is 0.416 e. The smallest absolute Gasteiger partial charge is 0.394 e. The van der Waals surface area contributed by atoms with Crippen molar-refractivity contribution in [2.75, 3.05) is 6.61 Å². The van der Waals surface area contributed by atoms with Crippen molar-refractivity contribution in [3.63, 3.8) is 0 Å². The minimum atomic E-state index is -4.40. The number of hydrogen-bond donors (Lipinski definition) is 3. The summed E-state index contributed by atoms with van der Waals surface area (Å²) in [6, 6.07) is 3.77. The number of aliphatic hydroxyl groups is 1. The van der Waals surface area contributed by atoms with Crippen LogP contribution in [0.4, 0.5) is 18.0 Å². The monoisotopic (exact) mass is 276 g/mol. The van der Waals surface area contributed by atoms with Crippen molar-refractivity contribution in [3.8, 4) is 0 Å². The molecule has 0 aromatic heterocycles. The van der Waals surface area contributed by atoms with Crippen LogP contribution in [0.1, 0.15) is 18.1 Å². The molecular weight excluding hydrogens is 261 g/mol. The number of benzene rings is 1. The Kier molecular flexibility index (Phi) is 5.17. The maximum atomic E-state index is 12.5. The lowest BCUT2D eigenvalue weighted by Crippen LogP contribution is -2.41. The van der Waals surface area contributed by atoms with Gasteiger partial charge in [-0.25, -0.2) is 4.79 Å². The molecule has 0 radical (unpaired) electrons. The lowest BCUT2D eigenvalue weighted by molar-refractivity contribution is -0.137. The first-order valence-corrected chi connectivity index (χ1v) is 5.64. The summed E-state index contributed by atoms with van der Waals surface area (Å²) in [4.78, 5) is 11.3. The molecule has 0 saturated carbocycles. The fourth-order valence-electron chi connectivity index (χ4n) is 1.36. The van der Waals surface area contributed by atoms with Gasteiger partial charge in [0.2, 0.25) is 0 Å². The number of alkyl halides is 3. The van der Waals surface area contributed by atoms with Gasteiger partial charge >= 0.3 is 12.2 Å². The van der Waals surface area contributed by atoms with Crippen LogP contribution >= 0.6 is 0 Å². The lowest BCUT2D eigenvalue weighted by atomic mass is 10.1. The van der Waals surface area contributed by atoms with Crippen LogP contribution in [0, 0.1) is 0 Å². The number of nitrogens with one attached hydrogen (secondary N) is 2. The maximum absolute atomic E-state index is 12.5. The summed E-state index contributed by atoms with van der Waals surface area (Å²) in [6.07, 6.45) is -4.40. The Labute approximate surface area is 108 Å². The van der Waals surface area contributed by atoms with Gasteiger partial charge in [0, 0.05) is 6.54 Å². The Morgan fingerprint density at radius 3 is 2.68 bits per heavy atom. The Morgan fingerprint density at radius 1 is 1.42 bits per heavy atom. The van der Waals surface area contributed by atoms with E-state index in [1.165, 1.54) is 12.1 Å². The number of carbonyl (C=O) groups excluding carboxylic acids is 1. The fraction of sp³-hybridized carbons (Fsp3) is 0.417. The van der Waals surface area contributed by atoms with Crippen molar-refractivity contribution in [1.82, 2.24) is 10.6 Å². The van der Waals surface area contributed by atoms with E-state index >= 15 is 0 Å². The molecule has 106 valence electrons. The van der Waals surface area contributed by atoms with Gasteiger partial charge in [0.05, 0.1) is 18.2 Å². The van der Waals surface area contributed by atoms with E-state index in [1.54, 1.807) is 6.92 Å². The molecule has 0 aliphatic heterocycles. The van der Waals surface area contributed by atoms with Crippen LogP contribution in [-0.4, -0.2) is 23.8 Å². The summed E-state index contributed by atoms with van der Waals surface area (Å²) < 4.78 is 37.4. The first-order valence-electron chi connectivity index (χ1n) is 5.64. The molecule has 0 unspecified atom stereocenters. The zero-order valence-corrected chi connectivity index (χ0v) is 10.3. The van der Waals surface area contributed by atoms with Gasteiger partial charge in [0.25, 0.3) is 0 Å². The van der Waals surface area contributed by atoms with E-state index in [9.17, 15) is 18.0 Å². The molecule has 19 heavy (non-hydrogen) atoms. The van der Waals surface area contributed by atoms with E-state index in [0.29, 0.717) is 5.56 Å². The molecule has 0 spiro atoms. The minimum absolute atomic E-state index is 0.0199. The van der Waals surface area contributed by atoms with Crippen LogP contribution in [0.2, 0.25) is 0 Å². The Morgan fingerprint density at radius 2 is 2.11 bits per heavy atom. The molecule has 0 aliphatic carbocycles. The molecule has 7 heteroatoms. The van der Waals surface area contributed by atoms with Crippen LogP contribution in [0.25, 0.3) is 0 Å². The van der Waals surface area contributed by atoms with Crippen molar-refractivity contribution >= 4 is 6.03 Å². The van der Waals surface area contributed by atoms with Gasteiger partial charge in [-0.2, -0.15) is 13.2 Å². The van der Waals surface area contributed by atoms with Crippen molar-refractivity contribution in [2.45, 2.75) is 25.7 Å². The number of hydrogen-bond acceptors (Lipinski definition) is 2. The first kappa shape index (κ1) is 15.3.